The van der Waals surface area contributed by atoms with Crippen molar-refractivity contribution in [2.75, 3.05) is 0 Å². The molecule has 4 heavy (non-hydrogen) atoms. The summed E-state index contributed by atoms with van der Waals surface area (Å²) in [6.45, 7) is 0. The fourth-order valence-electron chi connectivity index (χ4n) is 0. The third-order valence-corrected chi connectivity index (χ3v) is 0. The fraction of sp³-hybridized carbons (Fsp3) is 1.00. The Balaban J connectivity index is 2.32. The summed E-state index contributed by atoms with van der Waals surface area (Å²) in [5, 5.41) is 0. The molecule has 0 heterocycles. The molecule has 0 aliphatic rings. The van der Waals surface area contributed by atoms with Gasteiger partial charge in [-0.05, 0) is 0 Å². The molecule has 26 valence electrons. The van der Waals surface area contributed by atoms with Crippen LogP contribution in [0.4, 0.5) is 0 Å². The Morgan fingerprint density at radius 1 is 1.50 bits per heavy atom. The van der Waals surface area contributed by atoms with Crippen LogP contribution in [0.2, 0.25) is 11.4 Å². The van der Waals surface area contributed by atoms with Crippen LogP contribution in [0.3, 0.4) is 0 Å². The van der Waals surface area contributed by atoms with E-state index in [1.807, 2.05) is 0 Å². The average Bonchev–Trinajstić information content (AvgIpc) is 0.811. The van der Waals surface area contributed by atoms with E-state index in [0.717, 1.165) is 0 Å². The topological polar surface area (TPSA) is 0 Å². The van der Waals surface area contributed by atoms with Gasteiger partial charge >= 0.3 is 35.8 Å². The molecule has 2 heteroatoms. The van der Waals surface area contributed by atoms with Crippen molar-refractivity contribution in [2.24, 2.45) is 0 Å². The van der Waals surface area contributed by atoms with Crippen molar-refractivity contribution in [2.45, 2.75) is 11.4 Å². The molecule has 0 nitrogen and oxygen atoms in total. The van der Waals surface area contributed by atoms with Crippen molar-refractivity contribution in [3.63, 3.8) is 0 Å². The van der Waals surface area contributed by atoms with Gasteiger partial charge < -0.3 is 0 Å². The molecule has 0 aliphatic heterocycles. The zero-order valence-electron chi connectivity index (χ0n) is 2.86. The van der Waals surface area contributed by atoms with Crippen molar-refractivity contribution < 1.29 is 0 Å². The summed E-state index contributed by atoms with van der Waals surface area (Å²) in [5.41, 5.74) is 4.25. The maximum atomic E-state index is 4.77. The van der Waals surface area contributed by atoms with Crippen molar-refractivity contribution in [3.8, 4) is 0 Å². The predicted molar refractivity (Wildman–Crippen MR) is 24.8 cm³/mol. The second kappa shape index (κ2) is 2.16. The second-order valence-corrected chi connectivity index (χ2v) is 8.02. The third-order valence-electron chi connectivity index (χ3n) is 0. The van der Waals surface area contributed by atoms with Crippen LogP contribution in [0.1, 0.15) is 0 Å². The van der Waals surface area contributed by atoms with Gasteiger partial charge in [0.25, 0.3) is 0 Å². The Bertz CT molecular complexity index is 10.8. The van der Waals surface area contributed by atoms with Crippen molar-refractivity contribution in [1.29, 1.82) is 0 Å². The van der Waals surface area contributed by atoms with E-state index in [1.165, 1.54) is 0 Å². The second-order valence-electron chi connectivity index (χ2n) is 0.812. The Labute approximate surface area is 36.2 Å². The summed E-state index contributed by atoms with van der Waals surface area (Å²) >= 11 is -0.604. The molecule has 0 aliphatic carbocycles. The fourth-order valence-corrected chi connectivity index (χ4v) is 0. The monoisotopic (exact) mass is 137 g/mol. The molecule has 0 rings (SSSR count). The minimum atomic E-state index is -0.604. The van der Waals surface area contributed by atoms with E-state index in [4.69, 9.17) is 10.9 Å². The van der Waals surface area contributed by atoms with Gasteiger partial charge in [-0.15, -0.1) is 0 Å². The van der Waals surface area contributed by atoms with E-state index < -0.39 is 13.5 Å². The molecule has 0 unspecified atom stereocenters. The van der Waals surface area contributed by atoms with Gasteiger partial charge in [0.15, 0.2) is 0 Å². The molecule has 0 amide bonds. The number of hydrogen-bond acceptors (Lipinski definition) is 1. The molecule has 0 bridgehead atoms. The normalized spacial score (nSPS) is 9.00. The Hall–Kier alpha value is 0.908. The van der Waals surface area contributed by atoms with E-state index in [0.29, 0.717) is 0 Å². The molecule has 0 aromatic carbocycles. The van der Waals surface area contributed by atoms with E-state index in [1.54, 1.807) is 0 Å². The van der Waals surface area contributed by atoms with Crippen LogP contribution in [0.25, 0.3) is 0 Å². The minimum absolute atomic E-state index is 0.604. The Kier molecular flexibility index (Phi) is 2.66. The SMILES string of the molecule is C[As](C)[S-]. The summed E-state index contributed by atoms with van der Waals surface area (Å²) in [6.07, 6.45) is 0. The van der Waals surface area contributed by atoms with Crippen molar-refractivity contribution in [1.82, 2.24) is 0 Å². The van der Waals surface area contributed by atoms with Gasteiger partial charge in [-0.25, -0.2) is 0 Å². The molecule has 0 spiro atoms. The first-order valence-corrected chi connectivity index (χ1v) is 7.49. The molecule has 0 atom stereocenters. The van der Waals surface area contributed by atoms with Gasteiger partial charge in [0.1, 0.15) is 0 Å². The maximum absolute atomic E-state index is 4.77. The van der Waals surface area contributed by atoms with Gasteiger partial charge in [-0.1, -0.05) is 0 Å². The molecule has 0 saturated heterocycles. The summed E-state index contributed by atoms with van der Waals surface area (Å²) in [6, 6.07) is 0. The molecule has 0 aromatic heterocycles. The van der Waals surface area contributed by atoms with Gasteiger partial charge in [-0.3, -0.25) is 0 Å². The van der Waals surface area contributed by atoms with Gasteiger partial charge in [0, 0.05) is 0 Å². The first kappa shape index (κ1) is 4.91. The Morgan fingerprint density at radius 2 is 1.50 bits per heavy atom. The Morgan fingerprint density at radius 3 is 1.50 bits per heavy atom. The van der Waals surface area contributed by atoms with Crippen LogP contribution in [-0.2, 0) is 10.9 Å². The number of rotatable bonds is 0. The summed E-state index contributed by atoms with van der Waals surface area (Å²) < 4.78 is 0. The first-order valence-electron chi connectivity index (χ1n) is 1.08. The van der Waals surface area contributed by atoms with Crippen LogP contribution in [0, 0.1) is 0 Å². The molecular formula is C2H6AsS-. The molecule has 0 radical (unpaired) electrons. The van der Waals surface area contributed by atoms with Crippen LogP contribution in [-0.4, -0.2) is 13.5 Å². The number of hydrogen-bond donors (Lipinski definition) is 0. The quantitative estimate of drug-likeness (QED) is 0.351. The predicted octanol–water partition coefficient (Wildman–Crippen LogP) is 0.784. The van der Waals surface area contributed by atoms with Crippen LogP contribution in [0.15, 0.2) is 0 Å². The molecule has 0 fully saturated rings. The van der Waals surface area contributed by atoms with E-state index in [-0.39, 0.29) is 0 Å². The van der Waals surface area contributed by atoms with Gasteiger partial charge in [-0.2, -0.15) is 0 Å². The standard InChI is InChI=1S/C2H6AsS/c1-3(2)4/h1-2H3/q-1. The van der Waals surface area contributed by atoms with Crippen LogP contribution in [0.5, 0.6) is 0 Å². The zero-order valence-corrected chi connectivity index (χ0v) is 5.55. The van der Waals surface area contributed by atoms with Crippen LogP contribution < -0.4 is 0 Å². The van der Waals surface area contributed by atoms with E-state index >= 15 is 0 Å². The third kappa shape index (κ3) is 12.8. The van der Waals surface area contributed by atoms with Gasteiger partial charge in [0.2, 0.25) is 0 Å². The summed E-state index contributed by atoms with van der Waals surface area (Å²) in [5.74, 6) is 0. The van der Waals surface area contributed by atoms with E-state index in [2.05, 4.69) is 11.4 Å². The summed E-state index contributed by atoms with van der Waals surface area (Å²) in [4.78, 5) is 0. The van der Waals surface area contributed by atoms with E-state index in [9.17, 15) is 0 Å². The first-order chi connectivity index (χ1) is 1.73. The summed E-state index contributed by atoms with van der Waals surface area (Å²) in [7, 11) is 4.77. The molecule has 0 N–H and O–H groups in total. The molecule has 0 aromatic rings. The molecule has 0 saturated carbocycles. The molecular weight excluding hydrogens is 131 g/mol. The zero-order chi connectivity index (χ0) is 3.58. The van der Waals surface area contributed by atoms with Gasteiger partial charge in [0.05, 0.1) is 0 Å². The van der Waals surface area contributed by atoms with Crippen molar-refractivity contribution >= 4 is 24.4 Å². The van der Waals surface area contributed by atoms with Crippen molar-refractivity contribution in [3.05, 3.63) is 0 Å². The average molecular weight is 137 g/mol. The van der Waals surface area contributed by atoms with Crippen LogP contribution >= 0.6 is 0 Å².